The molecule has 0 bridgehead atoms. The lowest BCUT2D eigenvalue weighted by atomic mass is 10.0. The Hall–Kier alpha value is -3.80. The third kappa shape index (κ3) is 6.38. The van der Waals surface area contributed by atoms with Gasteiger partial charge in [-0.25, -0.2) is 0 Å². The number of nitrogens with zero attached hydrogens (tertiary/aromatic N) is 1. The summed E-state index contributed by atoms with van der Waals surface area (Å²) in [5.74, 6) is -1.74. The van der Waals surface area contributed by atoms with Gasteiger partial charge in [0.05, 0.1) is 18.7 Å². The van der Waals surface area contributed by atoms with Crippen LogP contribution in [-0.4, -0.2) is 28.6 Å². The van der Waals surface area contributed by atoms with Crippen LogP contribution in [0, 0.1) is 0 Å². The third-order valence-electron chi connectivity index (χ3n) is 4.52. The standard InChI is InChI=1S/C24H23N3O3/c28-22(16-19-11-5-2-6-12-19)27-21(15-18-9-3-1-4-10-18)23(29)24(30)26-17-20-13-7-8-14-25-20/h1-14,21H,15-17H2,(H,26,30)(H,27,28)/t21-/m1/s1. The third-order valence-corrected chi connectivity index (χ3v) is 4.52. The molecule has 6 nitrogen and oxygen atoms in total. The van der Waals surface area contributed by atoms with Gasteiger partial charge in [0.2, 0.25) is 11.7 Å². The van der Waals surface area contributed by atoms with Crippen LogP contribution in [0.4, 0.5) is 0 Å². The van der Waals surface area contributed by atoms with Crippen LogP contribution in [0.3, 0.4) is 0 Å². The van der Waals surface area contributed by atoms with E-state index in [2.05, 4.69) is 15.6 Å². The largest absolute Gasteiger partial charge is 0.345 e. The molecule has 2 amide bonds. The highest BCUT2D eigenvalue weighted by molar-refractivity contribution is 6.38. The van der Waals surface area contributed by atoms with Crippen molar-refractivity contribution < 1.29 is 14.4 Å². The van der Waals surface area contributed by atoms with Crippen LogP contribution in [0.2, 0.25) is 0 Å². The van der Waals surface area contributed by atoms with Gasteiger partial charge in [0.15, 0.2) is 0 Å². The van der Waals surface area contributed by atoms with E-state index in [1.165, 1.54) is 0 Å². The molecule has 2 aromatic carbocycles. The molecule has 0 spiro atoms. The molecule has 6 heteroatoms. The Bertz CT molecular complexity index is 976. The number of aromatic nitrogens is 1. The van der Waals surface area contributed by atoms with Crippen LogP contribution in [-0.2, 0) is 33.8 Å². The van der Waals surface area contributed by atoms with Crippen molar-refractivity contribution in [3.05, 3.63) is 102 Å². The molecule has 0 radical (unpaired) electrons. The van der Waals surface area contributed by atoms with E-state index in [9.17, 15) is 14.4 Å². The average Bonchev–Trinajstić information content (AvgIpc) is 2.78. The van der Waals surface area contributed by atoms with Crippen molar-refractivity contribution in [2.24, 2.45) is 0 Å². The molecule has 0 fully saturated rings. The van der Waals surface area contributed by atoms with Gasteiger partial charge in [-0.3, -0.25) is 19.4 Å². The smallest absolute Gasteiger partial charge is 0.289 e. The van der Waals surface area contributed by atoms with Gasteiger partial charge in [-0.1, -0.05) is 66.7 Å². The van der Waals surface area contributed by atoms with Crippen molar-refractivity contribution in [3.63, 3.8) is 0 Å². The number of nitrogens with one attached hydrogen (secondary N) is 2. The lowest BCUT2D eigenvalue weighted by molar-refractivity contribution is -0.140. The van der Waals surface area contributed by atoms with E-state index in [0.717, 1.165) is 11.1 Å². The van der Waals surface area contributed by atoms with Crippen molar-refractivity contribution in [2.75, 3.05) is 0 Å². The van der Waals surface area contributed by atoms with Crippen LogP contribution < -0.4 is 10.6 Å². The topological polar surface area (TPSA) is 88.2 Å². The normalized spacial score (nSPS) is 11.3. The minimum absolute atomic E-state index is 0.134. The molecule has 2 N–H and O–H groups in total. The van der Waals surface area contributed by atoms with E-state index in [4.69, 9.17) is 0 Å². The van der Waals surface area contributed by atoms with E-state index < -0.39 is 17.7 Å². The SMILES string of the molecule is O=C(Cc1ccccc1)N[C@H](Cc1ccccc1)C(=O)C(=O)NCc1ccccn1. The first-order valence-corrected chi connectivity index (χ1v) is 9.71. The lowest BCUT2D eigenvalue weighted by Crippen LogP contribution is -2.49. The maximum absolute atomic E-state index is 12.8. The molecule has 0 aliphatic rings. The first-order chi connectivity index (χ1) is 14.6. The summed E-state index contributed by atoms with van der Waals surface area (Å²) in [6.45, 7) is 0.140. The molecule has 152 valence electrons. The number of pyridine rings is 1. The molecule has 0 aliphatic heterocycles. The molecule has 3 aromatic rings. The predicted octanol–water partition coefficient (Wildman–Crippen LogP) is 2.24. The van der Waals surface area contributed by atoms with Crippen LogP contribution >= 0.6 is 0 Å². The molecular formula is C24H23N3O3. The summed E-state index contributed by atoms with van der Waals surface area (Å²) in [6, 6.07) is 22.9. The number of carbonyl (C=O) groups is 3. The second-order valence-corrected chi connectivity index (χ2v) is 6.84. The Labute approximate surface area is 175 Å². The maximum Gasteiger partial charge on any atom is 0.289 e. The molecule has 0 aliphatic carbocycles. The number of rotatable bonds is 9. The highest BCUT2D eigenvalue weighted by Crippen LogP contribution is 2.06. The number of amides is 2. The second-order valence-electron chi connectivity index (χ2n) is 6.84. The van der Waals surface area contributed by atoms with E-state index in [-0.39, 0.29) is 25.3 Å². The van der Waals surface area contributed by atoms with Crippen molar-refractivity contribution >= 4 is 17.6 Å². The molecule has 30 heavy (non-hydrogen) atoms. The van der Waals surface area contributed by atoms with Gasteiger partial charge in [0.25, 0.3) is 5.91 Å². The predicted molar refractivity (Wildman–Crippen MR) is 113 cm³/mol. The Morgan fingerprint density at radius 3 is 2.07 bits per heavy atom. The number of Topliss-reactive ketones (excluding diaryl/α,β-unsaturated/α-hetero) is 1. The fourth-order valence-electron chi connectivity index (χ4n) is 3.00. The molecule has 0 unspecified atom stereocenters. The van der Waals surface area contributed by atoms with E-state index in [1.807, 2.05) is 60.7 Å². The lowest BCUT2D eigenvalue weighted by Gasteiger charge is -2.18. The number of hydrogen-bond donors (Lipinski definition) is 2. The first kappa shape index (κ1) is 20.9. The molecule has 1 heterocycles. The molecular weight excluding hydrogens is 378 g/mol. The quantitative estimate of drug-likeness (QED) is 0.538. The van der Waals surface area contributed by atoms with E-state index in [1.54, 1.807) is 24.4 Å². The summed E-state index contributed by atoms with van der Waals surface area (Å²) >= 11 is 0. The zero-order valence-corrected chi connectivity index (χ0v) is 16.5. The van der Waals surface area contributed by atoms with Crippen LogP contribution in [0.25, 0.3) is 0 Å². The Balaban J connectivity index is 1.67. The van der Waals surface area contributed by atoms with Gasteiger partial charge in [-0.15, -0.1) is 0 Å². The number of ketones is 1. The van der Waals surface area contributed by atoms with Gasteiger partial charge in [-0.2, -0.15) is 0 Å². The molecule has 0 saturated heterocycles. The zero-order chi connectivity index (χ0) is 21.2. The summed E-state index contributed by atoms with van der Waals surface area (Å²) in [4.78, 5) is 41.9. The van der Waals surface area contributed by atoms with Gasteiger partial charge >= 0.3 is 0 Å². The summed E-state index contributed by atoms with van der Waals surface area (Å²) in [6.07, 6.45) is 1.98. The number of carbonyl (C=O) groups excluding carboxylic acids is 3. The van der Waals surface area contributed by atoms with Gasteiger partial charge in [0, 0.05) is 12.6 Å². The fourth-order valence-corrected chi connectivity index (χ4v) is 3.00. The second kappa shape index (κ2) is 10.7. The summed E-state index contributed by atoms with van der Waals surface area (Å²) in [5, 5.41) is 5.31. The van der Waals surface area contributed by atoms with Gasteiger partial charge < -0.3 is 10.6 Å². The van der Waals surface area contributed by atoms with E-state index in [0.29, 0.717) is 5.69 Å². The molecule has 1 atom stereocenters. The molecule has 1 aromatic heterocycles. The number of hydrogen-bond acceptors (Lipinski definition) is 4. The first-order valence-electron chi connectivity index (χ1n) is 9.71. The summed E-state index contributed by atoms with van der Waals surface area (Å²) < 4.78 is 0. The van der Waals surface area contributed by atoms with Crippen LogP contribution in [0.15, 0.2) is 85.1 Å². The Morgan fingerprint density at radius 1 is 0.800 bits per heavy atom. The fraction of sp³-hybridized carbons (Fsp3) is 0.167. The van der Waals surface area contributed by atoms with Crippen molar-refractivity contribution in [1.29, 1.82) is 0 Å². The molecule has 0 saturated carbocycles. The minimum Gasteiger partial charge on any atom is -0.345 e. The summed E-state index contributed by atoms with van der Waals surface area (Å²) in [5.41, 5.74) is 2.33. The van der Waals surface area contributed by atoms with Crippen LogP contribution in [0.1, 0.15) is 16.8 Å². The minimum atomic E-state index is -0.952. The van der Waals surface area contributed by atoms with Crippen LogP contribution in [0.5, 0.6) is 0 Å². The van der Waals surface area contributed by atoms with Crippen molar-refractivity contribution in [3.8, 4) is 0 Å². The van der Waals surface area contributed by atoms with Crippen molar-refractivity contribution in [2.45, 2.75) is 25.4 Å². The summed E-state index contributed by atoms with van der Waals surface area (Å²) in [7, 11) is 0. The Morgan fingerprint density at radius 2 is 1.43 bits per heavy atom. The monoisotopic (exact) mass is 401 g/mol. The zero-order valence-electron chi connectivity index (χ0n) is 16.5. The average molecular weight is 401 g/mol. The van der Waals surface area contributed by atoms with E-state index >= 15 is 0 Å². The van der Waals surface area contributed by atoms with Crippen molar-refractivity contribution in [1.82, 2.24) is 15.6 Å². The van der Waals surface area contributed by atoms with Gasteiger partial charge in [0.1, 0.15) is 6.04 Å². The highest BCUT2D eigenvalue weighted by atomic mass is 16.2. The van der Waals surface area contributed by atoms with Gasteiger partial charge in [-0.05, 0) is 23.3 Å². The highest BCUT2D eigenvalue weighted by Gasteiger charge is 2.27. The Kier molecular flexibility index (Phi) is 7.44. The number of benzene rings is 2. The maximum atomic E-state index is 12.8. The molecule has 3 rings (SSSR count).